The van der Waals surface area contributed by atoms with Crippen LogP contribution in [0.5, 0.6) is 0 Å². The summed E-state index contributed by atoms with van der Waals surface area (Å²) in [7, 11) is 1.63. The number of hydrogen-bond acceptors (Lipinski definition) is 3. The maximum atomic E-state index is 11.2. The lowest BCUT2D eigenvalue weighted by Crippen LogP contribution is -2.42. The number of rotatable bonds is 25. The van der Waals surface area contributed by atoms with E-state index in [0.717, 1.165) is 12.2 Å². The average molecular weight is 511 g/mol. The predicted octanol–water partition coefficient (Wildman–Crippen LogP) is 7.95. The molecule has 1 unspecified atom stereocenters. The van der Waals surface area contributed by atoms with Crippen molar-refractivity contribution in [3.63, 3.8) is 0 Å². The van der Waals surface area contributed by atoms with Crippen LogP contribution < -0.4 is 0 Å². The second-order valence-corrected chi connectivity index (χ2v) is 13.2. The second kappa shape index (κ2) is 21.7. The highest BCUT2D eigenvalue weighted by atomic mass is 32.2. The number of quaternary nitrogens is 1. The first-order valence-electron chi connectivity index (χ1n) is 13.8. The summed E-state index contributed by atoms with van der Waals surface area (Å²) in [5.41, 5.74) is 0. The van der Waals surface area contributed by atoms with Gasteiger partial charge in [0.1, 0.15) is 12.6 Å². The van der Waals surface area contributed by atoms with Gasteiger partial charge in [0.2, 0.25) is 0 Å². The molecule has 0 radical (unpaired) electrons. The van der Waals surface area contributed by atoms with Crippen LogP contribution in [0, 0.1) is 0 Å². The zero-order valence-electron chi connectivity index (χ0n) is 22.4. The van der Waals surface area contributed by atoms with Crippen molar-refractivity contribution in [1.29, 1.82) is 0 Å². The van der Waals surface area contributed by atoms with Gasteiger partial charge in [0, 0.05) is 0 Å². The van der Waals surface area contributed by atoms with Gasteiger partial charge in [-0.25, -0.2) is 4.57 Å². The highest BCUT2D eigenvalue weighted by molar-refractivity contribution is 7.99. The molecule has 0 aliphatic rings. The Morgan fingerprint density at radius 1 is 0.697 bits per heavy atom. The topological polar surface area (TPSA) is 66.8 Å². The number of nitrogens with zero attached hydrogens (tertiary/aromatic N) is 1. The Morgan fingerprint density at radius 3 is 1.48 bits per heavy atom. The molecule has 0 rings (SSSR count). The van der Waals surface area contributed by atoms with E-state index in [-0.39, 0.29) is 6.10 Å². The zero-order valence-corrected chi connectivity index (χ0v) is 24.2. The molecular weight excluding hydrogens is 453 g/mol. The van der Waals surface area contributed by atoms with E-state index in [9.17, 15) is 4.57 Å². The Kier molecular flexibility index (Phi) is 22.0. The van der Waals surface area contributed by atoms with Crippen LogP contribution in [0.15, 0.2) is 0 Å². The van der Waals surface area contributed by atoms with Crippen LogP contribution in [0.25, 0.3) is 0 Å². The Labute approximate surface area is 210 Å². The van der Waals surface area contributed by atoms with Crippen molar-refractivity contribution < 1.29 is 23.4 Å². The summed E-state index contributed by atoms with van der Waals surface area (Å²) in [5, 5.41) is 0. The van der Waals surface area contributed by atoms with Crippen molar-refractivity contribution in [2.75, 3.05) is 39.2 Å². The monoisotopic (exact) mass is 510 g/mol. The molecule has 0 amide bonds. The zero-order chi connectivity index (χ0) is 24.8. The molecule has 0 fully saturated rings. The van der Waals surface area contributed by atoms with Crippen molar-refractivity contribution in [3.05, 3.63) is 0 Å². The number of thioether (sulfide) groups is 1. The summed E-state index contributed by atoms with van der Waals surface area (Å²) in [5.74, 6) is 2.23. The molecule has 5 nitrogen and oxygen atoms in total. The van der Waals surface area contributed by atoms with Gasteiger partial charge in [0.05, 0.1) is 21.1 Å². The van der Waals surface area contributed by atoms with E-state index in [2.05, 4.69) is 6.92 Å². The fourth-order valence-corrected chi connectivity index (χ4v) is 5.79. The molecule has 0 aromatic heterocycles. The number of phosphoric ester groups is 1. The van der Waals surface area contributed by atoms with Crippen molar-refractivity contribution >= 4 is 19.6 Å². The summed E-state index contributed by atoms with van der Waals surface area (Å²) >= 11 is 1.96. The third kappa shape index (κ3) is 28.5. The van der Waals surface area contributed by atoms with Gasteiger partial charge in [-0.2, -0.15) is 11.8 Å². The fourth-order valence-electron chi connectivity index (χ4n) is 4.25. The predicted molar refractivity (Wildman–Crippen MR) is 146 cm³/mol. The molecule has 33 heavy (non-hydrogen) atoms. The molecule has 0 aromatic carbocycles. The maximum absolute atomic E-state index is 11.2. The molecular formula is C26H57NO4PS+. The van der Waals surface area contributed by atoms with Gasteiger partial charge < -0.3 is 14.3 Å². The minimum absolute atomic E-state index is 0.387. The van der Waals surface area contributed by atoms with Crippen molar-refractivity contribution in [1.82, 2.24) is 0 Å². The summed E-state index contributed by atoms with van der Waals surface area (Å²) in [6.45, 7) is 2.89. The minimum atomic E-state index is -4.42. The molecule has 7 heteroatoms. The Bertz CT molecular complexity index is 468. The lowest BCUT2D eigenvalue weighted by atomic mass is 10.0. The Balaban J connectivity index is 3.41. The van der Waals surface area contributed by atoms with Crippen LogP contribution in [-0.2, 0) is 9.09 Å². The molecule has 0 aliphatic heterocycles. The summed E-state index contributed by atoms with van der Waals surface area (Å²) in [6.07, 6.45) is 23.7. The number of hydrogen-bond donors (Lipinski definition) is 2. The first-order valence-corrected chi connectivity index (χ1v) is 16.4. The van der Waals surface area contributed by atoms with Gasteiger partial charge in [0.15, 0.2) is 0 Å². The average Bonchev–Trinajstić information content (AvgIpc) is 2.70. The minimum Gasteiger partial charge on any atom is -0.329 e. The largest absolute Gasteiger partial charge is 0.470 e. The fraction of sp³-hybridized carbons (Fsp3) is 1.00. The molecule has 0 bridgehead atoms. The molecule has 0 saturated carbocycles. The van der Waals surface area contributed by atoms with Gasteiger partial charge in [-0.05, 0) is 30.8 Å². The molecule has 2 N–H and O–H groups in total. The van der Waals surface area contributed by atoms with E-state index < -0.39 is 7.82 Å². The van der Waals surface area contributed by atoms with Crippen molar-refractivity contribution in [2.24, 2.45) is 0 Å². The molecule has 0 saturated heterocycles. The molecule has 200 valence electrons. The van der Waals surface area contributed by atoms with E-state index >= 15 is 0 Å². The van der Waals surface area contributed by atoms with Gasteiger partial charge in [0.25, 0.3) is 0 Å². The lowest BCUT2D eigenvalue weighted by Gasteiger charge is -2.29. The summed E-state index contributed by atoms with van der Waals surface area (Å²) in [6, 6.07) is 0. The summed E-state index contributed by atoms with van der Waals surface area (Å²) in [4.78, 5) is 18.3. The number of phosphoric acid groups is 1. The highest BCUT2D eigenvalue weighted by Crippen LogP contribution is 2.38. The second-order valence-electron chi connectivity index (χ2n) is 10.7. The quantitative estimate of drug-likeness (QED) is 0.0741. The van der Waals surface area contributed by atoms with E-state index in [1.165, 1.54) is 108 Å². The molecule has 1 atom stereocenters. The van der Waals surface area contributed by atoms with Crippen molar-refractivity contribution in [2.45, 2.75) is 129 Å². The van der Waals surface area contributed by atoms with Gasteiger partial charge >= 0.3 is 7.82 Å². The van der Waals surface area contributed by atoms with Crippen LogP contribution in [0.1, 0.15) is 122 Å². The van der Waals surface area contributed by atoms with Crippen LogP contribution >= 0.6 is 19.6 Å². The summed E-state index contributed by atoms with van der Waals surface area (Å²) < 4.78 is 16.8. The lowest BCUT2D eigenvalue weighted by molar-refractivity contribution is -0.873. The van der Waals surface area contributed by atoms with E-state index in [1.807, 2.05) is 32.9 Å². The number of unbranched alkanes of at least 4 members (excludes halogenated alkanes) is 15. The molecule has 0 aromatic rings. The Hall–Kier alpha value is 0.420. The van der Waals surface area contributed by atoms with Crippen LogP contribution in [0.2, 0.25) is 0 Å². The van der Waals surface area contributed by atoms with E-state index in [1.54, 1.807) is 0 Å². The van der Waals surface area contributed by atoms with Crippen LogP contribution in [0.4, 0.5) is 0 Å². The first-order chi connectivity index (χ1) is 15.6. The Morgan fingerprint density at radius 2 is 1.09 bits per heavy atom. The third-order valence-electron chi connectivity index (χ3n) is 5.99. The molecule has 0 aliphatic carbocycles. The molecule has 0 heterocycles. The maximum Gasteiger partial charge on any atom is 0.470 e. The number of likely N-dealkylation sites (N-methyl/N-ethyl adjacent to an activating group) is 1. The molecule has 0 spiro atoms. The van der Waals surface area contributed by atoms with Gasteiger partial charge in [-0.15, -0.1) is 0 Å². The van der Waals surface area contributed by atoms with Gasteiger partial charge in [-0.3, -0.25) is 4.52 Å². The smallest absolute Gasteiger partial charge is 0.329 e. The van der Waals surface area contributed by atoms with Crippen molar-refractivity contribution in [3.8, 4) is 0 Å². The normalized spacial score (nSPS) is 13.5. The third-order valence-corrected chi connectivity index (χ3v) is 7.72. The SMILES string of the molecule is CCCCCCCCCCCCCCCCCCSCCCC(C[N+](C)(C)C)OP(=O)(O)O. The van der Waals surface area contributed by atoms with E-state index in [0.29, 0.717) is 17.4 Å². The first kappa shape index (κ1) is 33.4. The highest BCUT2D eigenvalue weighted by Gasteiger charge is 2.26. The van der Waals surface area contributed by atoms with Crippen LogP contribution in [-0.4, -0.2) is 59.6 Å². The van der Waals surface area contributed by atoms with Crippen LogP contribution in [0.3, 0.4) is 0 Å². The van der Waals surface area contributed by atoms with E-state index in [4.69, 9.17) is 14.3 Å². The standard InChI is InChI=1S/C26H56NO4PS/c1-5-6-7-8-9-10-11-12-13-14-15-16-17-18-19-20-23-33-24-21-22-26(25-27(2,3)4)31-32(28,29)30/h26H,5-25H2,1-4H3,(H-,28,29,30)/p+1. The van der Waals surface area contributed by atoms with Gasteiger partial charge in [-0.1, -0.05) is 103 Å².